The molecule has 1 rings (SSSR count). The van der Waals surface area contributed by atoms with Crippen molar-refractivity contribution in [1.82, 2.24) is 5.32 Å². The molecule has 0 aromatic heterocycles. The summed E-state index contributed by atoms with van der Waals surface area (Å²) in [6, 6.07) is 0. The number of likely N-dealkylation sites (N-methyl/N-ethyl adjacent to an activating group) is 1. The highest BCUT2D eigenvalue weighted by Crippen LogP contribution is 2.45. The minimum absolute atomic E-state index is 0.311. The lowest BCUT2D eigenvalue weighted by atomic mass is 9.87. The zero-order valence-electron chi connectivity index (χ0n) is 19.1. The molecule has 0 aromatic rings. The first-order chi connectivity index (χ1) is 14.7. The van der Waals surface area contributed by atoms with Gasteiger partial charge < -0.3 is 29.8 Å². The summed E-state index contributed by atoms with van der Waals surface area (Å²) in [4.78, 5) is 18.5. The summed E-state index contributed by atoms with van der Waals surface area (Å²) in [7, 11) is -3.41. The van der Waals surface area contributed by atoms with Crippen LogP contribution in [0.1, 0.15) is 90.4 Å². The van der Waals surface area contributed by atoms with Crippen LogP contribution >= 0.6 is 7.82 Å². The Balaban J connectivity index is 2.46. The fraction of sp³-hybridized carbons (Fsp3) is 1.00. The number of unbranched alkanes of at least 4 members (excludes halogenated alkanes) is 11. The molecule has 5 atom stereocenters. The molecule has 31 heavy (non-hydrogen) atoms. The lowest BCUT2D eigenvalue weighted by Gasteiger charge is -2.50. The number of hydrogen-bond acceptors (Lipinski definition) is 7. The van der Waals surface area contributed by atoms with Gasteiger partial charge in [-0.1, -0.05) is 77.6 Å². The second-order valence-electron chi connectivity index (χ2n) is 8.62. The van der Waals surface area contributed by atoms with Crippen LogP contribution in [0.4, 0.5) is 0 Å². The molecular weight excluding hydrogens is 425 g/mol. The van der Waals surface area contributed by atoms with E-state index in [0.29, 0.717) is 12.8 Å². The van der Waals surface area contributed by atoms with Crippen LogP contribution in [0, 0.1) is 0 Å². The fourth-order valence-corrected chi connectivity index (χ4v) is 4.87. The molecule has 0 aliphatic carbocycles. The van der Waals surface area contributed by atoms with Crippen LogP contribution in [0.2, 0.25) is 0 Å². The zero-order valence-corrected chi connectivity index (χ0v) is 20.0. The van der Waals surface area contributed by atoms with Crippen LogP contribution in [0.25, 0.3) is 0 Å². The Kier molecular flexibility index (Phi) is 13.9. The van der Waals surface area contributed by atoms with E-state index in [-0.39, 0.29) is 0 Å². The summed E-state index contributed by atoms with van der Waals surface area (Å²) in [5.41, 5.74) is -1.42. The summed E-state index contributed by atoms with van der Waals surface area (Å²) in [5, 5.41) is 32.9. The molecule has 0 amide bonds. The van der Waals surface area contributed by atoms with Gasteiger partial charge in [0.2, 0.25) is 0 Å². The predicted molar refractivity (Wildman–Crippen MR) is 118 cm³/mol. The number of phosphoric acid groups is 1. The molecule has 1 heterocycles. The molecule has 0 radical (unpaired) electrons. The molecule has 9 nitrogen and oxygen atoms in total. The lowest BCUT2D eigenvalue weighted by Crippen LogP contribution is -2.70. The minimum Gasteiger partial charge on any atom is -0.394 e. The van der Waals surface area contributed by atoms with E-state index in [1.54, 1.807) is 0 Å². The van der Waals surface area contributed by atoms with Gasteiger partial charge in [0, 0.05) is 0 Å². The minimum atomic E-state index is -4.94. The molecule has 0 aromatic carbocycles. The van der Waals surface area contributed by atoms with Crippen LogP contribution in [0.3, 0.4) is 0 Å². The molecule has 6 N–H and O–H groups in total. The highest BCUT2D eigenvalue weighted by atomic mass is 31.2. The SMILES string of the molecule is CCCCCCCCCCCCCCC1(NC)O[C@H](CO)[C@@H](O)[C@H](O)[C@H]1OP(=O)(O)O. The monoisotopic (exact) mass is 469 g/mol. The van der Waals surface area contributed by atoms with E-state index in [0.717, 1.165) is 19.3 Å². The Hall–Kier alpha value is -0.0900. The quantitative estimate of drug-likeness (QED) is 0.140. The highest BCUT2D eigenvalue weighted by Gasteiger charge is 2.55. The van der Waals surface area contributed by atoms with Gasteiger partial charge in [-0.25, -0.2) is 4.57 Å². The topological polar surface area (TPSA) is 149 Å². The Bertz CT molecular complexity index is 520. The van der Waals surface area contributed by atoms with Crippen molar-refractivity contribution in [2.24, 2.45) is 0 Å². The van der Waals surface area contributed by atoms with Gasteiger partial charge >= 0.3 is 7.82 Å². The molecule has 1 unspecified atom stereocenters. The van der Waals surface area contributed by atoms with E-state index in [1.807, 2.05) is 0 Å². The first-order valence-corrected chi connectivity index (χ1v) is 13.3. The molecule has 1 fully saturated rings. The molecule has 0 spiro atoms. The van der Waals surface area contributed by atoms with Gasteiger partial charge in [-0.05, 0) is 19.9 Å². The maximum absolute atomic E-state index is 11.4. The second kappa shape index (κ2) is 14.9. The Labute approximate surface area is 186 Å². The maximum atomic E-state index is 11.4. The van der Waals surface area contributed by atoms with Gasteiger partial charge in [-0.2, -0.15) is 0 Å². The van der Waals surface area contributed by atoms with Crippen molar-refractivity contribution in [3.63, 3.8) is 0 Å². The maximum Gasteiger partial charge on any atom is 0.470 e. The first kappa shape index (κ1) is 28.9. The number of hydrogen-bond donors (Lipinski definition) is 6. The van der Waals surface area contributed by atoms with Crippen LogP contribution in [-0.4, -0.2) is 68.9 Å². The van der Waals surface area contributed by atoms with Crippen molar-refractivity contribution < 1.29 is 38.9 Å². The number of aliphatic hydroxyl groups excluding tert-OH is 3. The van der Waals surface area contributed by atoms with E-state index in [2.05, 4.69) is 12.2 Å². The van der Waals surface area contributed by atoms with E-state index >= 15 is 0 Å². The number of aliphatic hydroxyl groups is 3. The van der Waals surface area contributed by atoms with Crippen LogP contribution < -0.4 is 5.32 Å². The van der Waals surface area contributed by atoms with Gasteiger partial charge in [0.15, 0.2) is 0 Å². The standard InChI is InChI=1S/C21H44NO8P/c1-3-4-5-6-7-8-9-10-11-12-13-14-15-21(22-2)20(30-31(26,27)28)19(25)18(24)17(16-23)29-21/h17-20,22-25H,3-16H2,1-2H3,(H2,26,27,28)/t17-,18-,19+,20-,21?/m1/s1. The molecule has 0 saturated carbocycles. The Morgan fingerprint density at radius 1 is 0.903 bits per heavy atom. The van der Waals surface area contributed by atoms with Crippen molar-refractivity contribution >= 4 is 7.82 Å². The van der Waals surface area contributed by atoms with Gasteiger partial charge in [0.1, 0.15) is 30.1 Å². The number of ether oxygens (including phenoxy) is 1. The summed E-state index contributed by atoms with van der Waals surface area (Å²) in [5.74, 6) is 0. The van der Waals surface area contributed by atoms with Gasteiger partial charge in [-0.15, -0.1) is 0 Å². The van der Waals surface area contributed by atoms with Crippen LogP contribution in [0.5, 0.6) is 0 Å². The summed E-state index contributed by atoms with van der Waals surface area (Å²) in [6.07, 6.45) is 8.63. The van der Waals surface area contributed by atoms with Gasteiger partial charge in [-0.3, -0.25) is 9.84 Å². The fourth-order valence-electron chi connectivity index (χ4n) is 4.28. The lowest BCUT2D eigenvalue weighted by molar-refractivity contribution is -0.281. The summed E-state index contributed by atoms with van der Waals surface area (Å²) >= 11 is 0. The summed E-state index contributed by atoms with van der Waals surface area (Å²) < 4.78 is 22.0. The third-order valence-electron chi connectivity index (χ3n) is 6.12. The third kappa shape index (κ3) is 10.2. The number of phosphoric ester groups is 1. The van der Waals surface area contributed by atoms with Crippen molar-refractivity contribution in [2.45, 2.75) is 121 Å². The zero-order chi connectivity index (χ0) is 23.3. The smallest absolute Gasteiger partial charge is 0.394 e. The van der Waals surface area contributed by atoms with E-state index in [1.165, 1.54) is 58.4 Å². The molecule has 186 valence electrons. The first-order valence-electron chi connectivity index (χ1n) is 11.8. The van der Waals surface area contributed by atoms with Crippen molar-refractivity contribution in [2.75, 3.05) is 13.7 Å². The normalized spacial score (nSPS) is 29.4. The van der Waals surface area contributed by atoms with Crippen LogP contribution in [-0.2, 0) is 13.8 Å². The number of rotatable bonds is 17. The summed E-state index contributed by atoms with van der Waals surface area (Å²) in [6.45, 7) is 1.68. The molecule has 0 bridgehead atoms. The third-order valence-corrected chi connectivity index (χ3v) is 6.62. The average molecular weight is 470 g/mol. The molecular formula is C21H44NO8P. The van der Waals surface area contributed by atoms with E-state index in [4.69, 9.17) is 9.26 Å². The van der Waals surface area contributed by atoms with Gasteiger partial charge in [0.25, 0.3) is 0 Å². The molecule has 1 aliphatic heterocycles. The van der Waals surface area contributed by atoms with Crippen molar-refractivity contribution in [3.05, 3.63) is 0 Å². The molecule has 10 heteroatoms. The molecule has 1 saturated heterocycles. The van der Waals surface area contributed by atoms with E-state index < -0.39 is 44.6 Å². The van der Waals surface area contributed by atoms with Gasteiger partial charge in [0.05, 0.1) is 6.61 Å². The Morgan fingerprint density at radius 2 is 1.39 bits per heavy atom. The Morgan fingerprint density at radius 3 is 1.81 bits per heavy atom. The predicted octanol–water partition coefficient (Wildman–Crippen LogP) is 2.58. The largest absolute Gasteiger partial charge is 0.470 e. The number of nitrogens with one attached hydrogen (secondary N) is 1. The van der Waals surface area contributed by atoms with Crippen molar-refractivity contribution in [1.29, 1.82) is 0 Å². The highest BCUT2D eigenvalue weighted by molar-refractivity contribution is 7.46. The van der Waals surface area contributed by atoms with Crippen molar-refractivity contribution in [3.8, 4) is 0 Å². The second-order valence-corrected chi connectivity index (χ2v) is 9.81. The van der Waals surface area contributed by atoms with E-state index in [9.17, 15) is 29.7 Å². The molecule has 1 aliphatic rings. The average Bonchev–Trinajstić information content (AvgIpc) is 2.73. The van der Waals surface area contributed by atoms with Crippen LogP contribution in [0.15, 0.2) is 0 Å².